The average molecular weight is 469 g/mol. The summed E-state index contributed by atoms with van der Waals surface area (Å²) in [5, 5.41) is 10.5. The highest BCUT2D eigenvalue weighted by molar-refractivity contribution is 7.99. The van der Waals surface area contributed by atoms with E-state index in [1.807, 2.05) is 24.3 Å². The van der Waals surface area contributed by atoms with Gasteiger partial charge < -0.3 is 14.8 Å². The molecule has 0 spiro atoms. The summed E-state index contributed by atoms with van der Waals surface area (Å²) in [6.07, 6.45) is 1.84. The lowest BCUT2D eigenvalue weighted by molar-refractivity contribution is 0.0518. The van der Waals surface area contributed by atoms with Gasteiger partial charge in [0.25, 0.3) is 0 Å². The van der Waals surface area contributed by atoms with Gasteiger partial charge in [-0.15, -0.1) is 5.10 Å². The van der Waals surface area contributed by atoms with Gasteiger partial charge in [-0.3, -0.25) is 0 Å². The molecule has 170 valence electrons. The molecule has 3 rings (SSSR count). The normalized spacial score (nSPS) is 19.9. The summed E-state index contributed by atoms with van der Waals surface area (Å²) in [5.74, 6) is 1.03. The molecule has 1 N–H and O–H groups in total. The summed E-state index contributed by atoms with van der Waals surface area (Å²) in [6.45, 7) is 4.23. The number of sulfone groups is 1. The lowest BCUT2D eigenvalue weighted by Crippen LogP contribution is -2.38. The van der Waals surface area contributed by atoms with Crippen molar-refractivity contribution in [3.05, 3.63) is 41.2 Å². The number of aromatic nitrogens is 3. The first-order valence-corrected chi connectivity index (χ1v) is 13.0. The van der Waals surface area contributed by atoms with E-state index in [0.717, 1.165) is 11.5 Å². The lowest BCUT2D eigenvalue weighted by atomic mass is 10.2. The zero-order chi connectivity index (χ0) is 22.6. The smallest absolute Gasteiger partial charge is 0.360 e. The fraction of sp³-hybridized carbons (Fsp3) is 0.550. The topological polar surface area (TPSA) is 112 Å². The Morgan fingerprint density at radius 3 is 2.68 bits per heavy atom. The number of nitrogens with one attached hydrogen (secondary N) is 1. The van der Waals surface area contributed by atoms with Crippen LogP contribution in [0.2, 0.25) is 0 Å². The molecule has 31 heavy (non-hydrogen) atoms. The van der Waals surface area contributed by atoms with Crippen LogP contribution in [0.4, 0.5) is 0 Å². The van der Waals surface area contributed by atoms with E-state index in [1.54, 1.807) is 32.7 Å². The van der Waals surface area contributed by atoms with Gasteiger partial charge in [0.05, 0.1) is 19.4 Å². The monoisotopic (exact) mass is 468 g/mol. The Morgan fingerprint density at radius 2 is 2.06 bits per heavy atom. The SMILES string of the molecule is CCOC(=O)c1nnn(C(C2CC(SCc3ccc(OC)cc3)CN2)S(C)(=O)=O)c1C. The Kier molecular flexibility index (Phi) is 7.60. The van der Waals surface area contributed by atoms with E-state index in [-0.39, 0.29) is 23.6 Å². The van der Waals surface area contributed by atoms with Crippen molar-refractivity contribution >= 4 is 27.6 Å². The van der Waals surface area contributed by atoms with Gasteiger partial charge in [-0.25, -0.2) is 17.9 Å². The van der Waals surface area contributed by atoms with E-state index in [2.05, 4.69) is 15.6 Å². The first kappa shape index (κ1) is 23.6. The number of carbonyl (C=O) groups is 1. The van der Waals surface area contributed by atoms with Gasteiger partial charge >= 0.3 is 5.97 Å². The second kappa shape index (κ2) is 10.0. The fourth-order valence-electron chi connectivity index (χ4n) is 3.63. The number of esters is 1. The summed E-state index contributed by atoms with van der Waals surface area (Å²) in [4.78, 5) is 12.1. The molecule has 11 heteroatoms. The Hall–Kier alpha value is -2.11. The third kappa shape index (κ3) is 5.58. The molecule has 0 radical (unpaired) electrons. The van der Waals surface area contributed by atoms with E-state index in [0.29, 0.717) is 18.7 Å². The van der Waals surface area contributed by atoms with Gasteiger partial charge in [0.2, 0.25) is 0 Å². The van der Waals surface area contributed by atoms with Gasteiger partial charge in [0, 0.05) is 29.8 Å². The van der Waals surface area contributed by atoms with Crippen LogP contribution in [-0.4, -0.2) is 67.2 Å². The first-order valence-electron chi connectivity index (χ1n) is 10.00. The minimum Gasteiger partial charge on any atom is -0.497 e. The molecule has 1 aromatic heterocycles. The van der Waals surface area contributed by atoms with E-state index in [4.69, 9.17) is 9.47 Å². The summed E-state index contributed by atoms with van der Waals surface area (Å²) in [6, 6.07) is 7.58. The summed E-state index contributed by atoms with van der Waals surface area (Å²) < 4.78 is 36.8. The van der Waals surface area contributed by atoms with Crippen molar-refractivity contribution < 1.29 is 22.7 Å². The standard InChI is InChI=1S/C20H28N4O5S2/c1-5-29-20(25)18-13(2)24(23-22-18)19(31(4,26)27)17-10-16(11-21-17)30-12-14-6-8-15(28-3)9-7-14/h6-9,16-17,19,21H,5,10-12H2,1-4H3. The van der Waals surface area contributed by atoms with E-state index in [9.17, 15) is 13.2 Å². The minimum atomic E-state index is -3.52. The molecule has 0 amide bonds. The quantitative estimate of drug-likeness (QED) is 0.552. The van der Waals surface area contributed by atoms with Gasteiger partial charge in [-0.05, 0) is 38.0 Å². The maximum Gasteiger partial charge on any atom is 0.360 e. The molecule has 3 unspecified atom stereocenters. The largest absolute Gasteiger partial charge is 0.497 e. The van der Waals surface area contributed by atoms with Crippen LogP contribution in [0.15, 0.2) is 24.3 Å². The molecule has 2 heterocycles. The highest BCUT2D eigenvalue weighted by Crippen LogP contribution is 2.32. The molecular formula is C20H28N4O5S2. The summed E-state index contributed by atoms with van der Waals surface area (Å²) in [5.41, 5.74) is 1.60. The second-order valence-electron chi connectivity index (χ2n) is 7.44. The number of hydrogen-bond acceptors (Lipinski definition) is 9. The van der Waals surface area contributed by atoms with Gasteiger partial charge in [0.1, 0.15) is 5.75 Å². The van der Waals surface area contributed by atoms with Crippen molar-refractivity contribution in [1.29, 1.82) is 0 Å². The molecule has 9 nitrogen and oxygen atoms in total. The molecule has 1 saturated heterocycles. The second-order valence-corrected chi connectivity index (χ2v) is 10.9. The maximum absolute atomic E-state index is 12.7. The predicted molar refractivity (Wildman–Crippen MR) is 119 cm³/mol. The summed E-state index contributed by atoms with van der Waals surface area (Å²) in [7, 11) is -1.89. The van der Waals surface area contributed by atoms with Crippen LogP contribution in [0.25, 0.3) is 0 Å². The molecule has 3 atom stereocenters. The van der Waals surface area contributed by atoms with Crippen LogP contribution in [0, 0.1) is 6.92 Å². The predicted octanol–water partition coefficient (Wildman–Crippen LogP) is 1.98. The van der Waals surface area contributed by atoms with Crippen LogP contribution in [0.5, 0.6) is 5.75 Å². The zero-order valence-electron chi connectivity index (χ0n) is 18.1. The number of hydrogen-bond donors (Lipinski definition) is 1. The van der Waals surface area contributed by atoms with Crippen LogP contribution in [0.1, 0.15) is 40.5 Å². The highest BCUT2D eigenvalue weighted by atomic mass is 32.2. The molecule has 1 aromatic carbocycles. The van der Waals surface area contributed by atoms with E-state index >= 15 is 0 Å². The molecule has 1 fully saturated rings. The van der Waals surface area contributed by atoms with Crippen LogP contribution in [-0.2, 0) is 20.3 Å². The highest BCUT2D eigenvalue weighted by Gasteiger charge is 2.39. The number of ether oxygens (including phenoxy) is 2. The van der Waals surface area contributed by atoms with Gasteiger partial charge in [-0.1, -0.05) is 17.3 Å². The third-order valence-electron chi connectivity index (χ3n) is 5.19. The molecule has 2 aromatic rings. The Balaban J connectivity index is 1.71. The number of benzene rings is 1. The van der Waals surface area contributed by atoms with Gasteiger partial charge in [0.15, 0.2) is 20.9 Å². The lowest BCUT2D eigenvalue weighted by Gasteiger charge is -2.23. The Bertz CT molecular complexity index is 1010. The zero-order valence-corrected chi connectivity index (χ0v) is 19.7. The molecule has 1 aliphatic heterocycles. The average Bonchev–Trinajstić information content (AvgIpc) is 3.34. The van der Waals surface area contributed by atoms with Crippen LogP contribution < -0.4 is 10.1 Å². The van der Waals surface area contributed by atoms with Crippen molar-refractivity contribution in [3.8, 4) is 5.75 Å². The Labute approximate surface area is 186 Å². The fourth-order valence-corrected chi connectivity index (χ4v) is 6.18. The maximum atomic E-state index is 12.7. The van der Waals surface area contributed by atoms with Gasteiger partial charge in [-0.2, -0.15) is 11.8 Å². The minimum absolute atomic E-state index is 0.0407. The molecule has 0 bridgehead atoms. The summed E-state index contributed by atoms with van der Waals surface area (Å²) >= 11 is 1.78. The van der Waals surface area contributed by atoms with Crippen molar-refractivity contribution in [1.82, 2.24) is 20.3 Å². The Morgan fingerprint density at radius 1 is 1.35 bits per heavy atom. The van der Waals surface area contributed by atoms with Crippen molar-refractivity contribution in [2.45, 2.75) is 42.7 Å². The molecular weight excluding hydrogens is 440 g/mol. The van der Waals surface area contributed by atoms with E-state index in [1.165, 1.54) is 16.5 Å². The van der Waals surface area contributed by atoms with Crippen molar-refractivity contribution in [3.63, 3.8) is 0 Å². The molecule has 0 saturated carbocycles. The van der Waals surface area contributed by atoms with Crippen LogP contribution >= 0.6 is 11.8 Å². The number of thioether (sulfide) groups is 1. The van der Waals surface area contributed by atoms with Crippen molar-refractivity contribution in [2.24, 2.45) is 0 Å². The third-order valence-corrected chi connectivity index (χ3v) is 7.93. The number of carbonyl (C=O) groups excluding carboxylic acids is 1. The number of rotatable bonds is 9. The van der Waals surface area contributed by atoms with E-state index < -0.39 is 21.2 Å². The van der Waals surface area contributed by atoms with Crippen LogP contribution in [0.3, 0.4) is 0 Å². The first-order chi connectivity index (χ1) is 14.7. The number of methoxy groups -OCH3 is 1. The number of nitrogens with zero attached hydrogens (tertiary/aromatic N) is 3. The van der Waals surface area contributed by atoms with Crippen molar-refractivity contribution in [2.75, 3.05) is 26.5 Å². The molecule has 0 aliphatic carbocycles. The molecule has 1 aliphatic rings.